The van der Waals surface area contributed by atoms with Gasteiger partial charge in [0.25, 0.3) is 0 Å². The van der Waals surface area contributed by atoms with E-state index in [4.69, 9.17) is 4.74 Å². The average molecular weight is 265 g/mol. The molecule has 0 fully saturated rings. The molecule has 102 valence electrons. The minimum atomic E-state index is 0.0635. The molecule has 1 heterocycles. The van der Waals surface area contributed by atoms with Gasteiger partial charge in [0.1, 0.15) is 5.75 Å². The summed E-state index contributed by atoms with van der Waals surface area (Å²) in [5.74, 6) is 0.897. The van der Waals surface area contributed by atoms with Crippen molar-refractivity contribution in [1.82, 2.24) is 0 Å². The van der Waals surface area contributed by atoms with E-state index in [-0.39, 0.29) is 5.41 Å². The fourth-order valence-corrected chi connectivity index (χ4v) is 2.62. The maximum atomic E-state index is 5.18. The second kappa shape index (κ2) is 4.78. The largest absolute Gasteiger partial charge is 0.497 e. The Hall–Kier alpha value is -2.09. The lowest BCUT2D eigenvalue weighted by molar-refractivity contribution is 0.414. The number of fused-ring (bicyclic) bond motifs is 1. The lowest BCUT2D eigenvalue weighted by Gasteiger charge is -2.15. The summed E-state index contributed by atoms with van der Waals surface area (Å²) in [7, 11) is 1.69. The molecule has 0 atom stereocenters. The summed E-state index contributed by atoms with van der Waals surface area (Å²) < 4.78 is 5.18. The normalized spacial score (nSPS) is 15.2. The number of ether oxygens (including phenoxy) is 1. The molecule has 1 aliphatic rings. The summed E-state index contributed by atoms with van der Waals surface area (Å²) >= 11 is 0. The molecular formula is C18H19NO. The second-order valence-corrected chi connectivity index (χ2v) is 5.86. The zero-order valence-electron chi connectivity index (χ0n) is 12.2. The molecule has 2 aromatic rings. The van der Waals surface area contributed by atoms with E-state index < -0.39 is 0 Å². The molecule has 0 radical (unpaired) electrons. The van der Waals surface area contributed by atoms with Gasteiger partial charge in [0.2, 0.25) is 0 Å². The summed E-state index contributed by atoms with van der Waals surface area (Å²) in [6, 6.07) is 14.8. The lowest BCUT2D eigenvalue weighted by atomic mass is 9.86. The van der Waals surface area contributed by atoms with Crippen LogP contribution < -0.4 is 4.74 Å². The van der Waals surface area contributed by atoms with Crippen molar-refractivity contribution in [3.8, 4) is 5.75 Å². The first-order chi connectivity index (χ1) is 9.58. The van der Waals surface area contributed by atoms with E-state index in [0.717, 1.165) is 17.9 Å². The predicted octanol–water partition coefficient (Wildman–Crippen LogP) is 4.28. The predicted molar refractivity (Wildman–Crippen MR) is 83.4 cm³/mol. The molecule has 2 nitrogen and oxygen atoms in total. The van der Waals surface area contributed by atoms with Crippen LogP contribution in [0.15, 0.2) is 47.5 Å². The molecule has 0 amide bonds. The van der Waals surface area contributed by atoms with Crippen molar-refractivity contribution in [2.24, 2.45) is 4.99 Å². The van der Waals surface area contributed by atoms with Gasteiger partial charge >= 0.3 is 0 Å². The Balaban J connectivity index is 1.83. The molecule has 0 unspecified atom stereocenters. The van der Waals surface area contributed by atoms with Crippen LogP contribution in [0.25, 0.3) is 0 Å². The quantitative estimate of drug-likeness (QED) is 0.811. The van der Waals surface area contributed by atoms with E-state index in [1.807, 2.05) is 18.3 Å². The van der Waals surface area contributed by atoms with E-state index in [1.54, 1.807) is 7.11 Å². The van der Waals surface area contributed by atoms with Gasteiger partial charge in [-0.05, 0) is 41.3 Å². The van der Waals surface area contributed by atoms with Crippen molar-refractivity contribution in [3.63, 3.8) is 0 Å². The van der Waals surface area contributed by atoms with Crippen molar-refractivity contribution in [2.45, 2.75) is 25.7 Å². The molecule has 3 rings (SSSR count). The third-order valence-corrected chi connectivity index (χ3v) is 3.85. The molecule has 0 bridgehead atoms. The molecule has 2 heteroatoms. The zero-order chi connectivity index (χ0) is 14.2. The van der Waals surface area contributed by atoms with Crippen LogP contribution in [0.3, 0.4) is 0 Å². The Kier molecular flexibility index (Phi) is 3.09. The number of aliphatic imine (C=N–C) groups is 1. The van der Waals surface area contributed by atoms with E-state index in [2.05, 4.69) is 49.2 Å². The summed E-state index contributed by atoms with van der Waals surface area (Å²) in [4.78, 5) is 4.54. The van der Waals surface area contributed by atoms with Gasteiger partial charge in [-0.3, -0.25) is 4.99 Å². The highest BCUT2D eigenvalue weighted by atomic mass is 16.5. The van der Waals surface area contributed by atoms with Crippen LogP contribution in [0, 0.1) is 0 Å². The van der Waals surface area contributed by atoms with Crippen LogP contribution >= 0.6 is 0 Å². The molecule has 0 saturated carbocycles. The molecule has 20 heavy (non-hydrogen) atoms. The van der Waals surface area contributed by atoms with Crippen molar-refractivity contribution < 1.29 is 4.74 Å². The van der Waals surface area contributed by atoms with Crippen LogP contribution in [0.1, 0.15) is 30.5 Å². The van der Waals surface area contributed by atoms with Crippen molar-refractivity contribution in [3.05, 3.63) is 59.2 Å². The molecule has 2 aromatic carbocycles. The topological polar surface area (TPSA) is 21.6 Å². The minimum Gasteiger partial charge on any atom is -0.497 e. The summed E-state index contributed by atoms with van der Waals surface area (Å²) in [5, 5.41) is 0. The first-order valence-corrected chi connectivity index (χ1v) is 6.90. The number of rotatable bonds is 3. The van der Waals surface area contributed by atoms with Crippen molar-refractivity contribution in [1.29, 1.82) is 0 Å². The van der Waals surface area contributed by atoms with E-state index in [1.165, 1.54) is 16.7 Å². The molecule has 1 aliphatic heterocycles. The number of methoxy groups -OCH3 is 1. The number of hydrogen-bond donors (Lipinski definition) is 0. The third kappa shape index (κ3) is 2.34. The first-order valence-electron chi connectivity index (χ1n) is 6.90. The fraction of sp³-hybridized carbons (Fsp3) is 0.278. The summed E-state index contributed by atoms with van der Waals surface area (Å²) in [6.07, 6.45) is 2.96. The molecule has 0 saturated heterocycles. The zero-order valence-corrected chi connectivity index (χ0v) is 12.2. The highest BCUT2D eigenvalue weighted by molar-refractivity contribution is 5.84. The maximum Gasteiger partial charge on any atom is 0.118 e. The Morgan fingerprint density at radius 2 is 1.70 bits per heavy atom. The molecule has 0 aliphatic carbocycles. The maximum absolute atomic E-state index is 5.18. The average Bonchev–Trinajstić information content (AvgIpc) is 2.75. The van der Waals surface area contributed by atoms with Gasteiger partial charge < -0.3 is 4.74 Å². The van der Waals surface area contributed by atoms with Crippen molar-refractivity contribution in [2.75, 3.05) is 7.11 Å². The number of nitrogens with zero attached hydrogens (tertiary/aromatic N) is 1. The van der Waals surface area contributed by atoms with E-state index >= 15 is 0 Å². The van der Waals surface area contributed by atoms with Gasteiger partial charge in [0.05, 0.1) is 12.8 Å². The number of benzene rings is 2. The molecule has 0 N–H and O–H groups in total. The third-order valence-electron chi connectivity index (χ3n) is 3.85. The first kappa shape index (κ1) is 12.9. The smallest absolute Gasteiger partial charge is 0.118 e. The Labute approximate surface area is 120 Å². The van der Waals surface area contributed by atoms with Crippen LogP contribution in [0.5, 0.6) is 5.75 Å². The highest BCUT2D eigenvalue weighted by Gasteiger charge is 2.26. The molecule has 0 spiro atoms. The van der Waals surface area contributed by atoms with Crippen molar-refractivity contribution >= 4 is 11.9 Å². The SMILES string of the molecule is COc1ccc(Cc2ccc3c(c2)N=CC3(C)C)cc1. The summed E-state index contributed by atoms with van der Waals surface area (Å²) in [5.41, 5.74) is 5.07. The van der Waals surface area contributed by atoms with Crippen LogP contribution in [-0.4, -0.2) is 13.3 Å². The van der Waals surface area contributed by atoms with Crippen LogP contribution in [0.2, 0.25) is 0 Å². The Morgan fingerprint density at radius 3 is 2.40 bits per heavy atom. The lowest BCUT2D eigenvalue weighted by Crippen LogP contribution is -2.14. The van der Waals surface area contributed by atoms with Gasteiger partial charge in [0, 0.05) is 11.6 Å². The molecular weight excluding hydrogens is 246 g/mol. The van der Waals surface area contributed by atoms with Gasteiger partial charge in [-0.15, -0.1) is 0 Å². The minimum absolute atomic E-state index is 0.0635. The Bertz CT molecular complexity index is 654. The number of hydrogen-bond acceptors (Lipinski definition) is 2. The van der Waals surface area contributed by atoms with Crippen LogP contribution in [0.4, 0.5) is 5.69 Å². The van der Waals surface area contributed by atoms with E-state index in [0.29, 0.717) is 0 Å². The fourth-order valence-electron chi connectivity index (χ4n) is 2.62. The van der Waals surface area contributed by atoms with Gasteiger partial charge in [0.15, 0.2) is 0 Å². The Morgan fingerprint density at radius 1 is 1.00 bits per heavy atom. The van der Waals surface area contributed by atoms with Gasteiger partial charge in [-0.1, -0.05) is 38.1 Å². The standard InChI is InChI=1S/C18H19NO/c1-18(2)12-19-17-11-14(6-9-16(17)18)10-13-4-7-15(20-3)8-5-13/h4-9,11-12H,10H2,1-3H3. The van der Waals surface area contributed by atoms with E-state index in [9.17, 15) is 0 Å². The van der Waals surface area contributed by atoms with Gasteiger partial charge in [-0.2, -0.15) is 0 Å². The monoisotopic (exact) mass is 265 g/mol. The molecule has 0 aromatic heterocycles. The second-order valence-electron chi connectivity index (χ2n) is 5.86. The summed E-state index contributed by atoms with van der Waals surface area (Å²) in [6.45, 7) is 4.40. The highest BCUT2D eigenvalue weighted by Crippen LogP contribution is 2.37. The van der Waals surface area contributed by atoms with Crippen LogP contribution in [-0.2, 0) is 11.8 Å². The van der Waals surface area contributed by atoms with Gasteiger partial charge in [-0.25, -0.2) is 0 Å².